The number of morpholine rings is 1. The third-order valence-corrected chi connectivity index (χ3v) is 4.92. The van der Waals surface area contributed by atoms with Crippen LogP contribution < -0.4 is 10.1 Å². The van der Waals surface area contributed by atoms with Crippen LogP contribution in [0.25, 0.3) is 0 Å². The Hall–Kier alpha value is -1.89. The van der Waals surface area contributed by atoms with Gasteiger partial charge in [0, 0.05) is 25.2 Å². The van der Waals surface area contributed by atoms with E-state index in [2.05, 4.69) is 27.0 Å². The van der Waals surface area contributed by atoms with Gasteiger partial charge in [0.25, 0.3) is 5.91 Å². The Labute approximate surface area is 146 Å². The van der Waals surface area contributed by atoms with E-state index in [0.717, 1.165) is 32.1 Å². The van der Waals surface area contributed by atoms with Gasteiger partial charge in [-0.3, -0.25) is 9.69 Å². The Balaban J connectivity index is 1.65. The van der Waals surface area contributed by atoms with Gasteiger partial charge in [-0.1, -0.05) is 0 Å². The quantitative estimate of drug-likeness (QED) is 0.873. The number of ether oxygens (including phenoxy) is 2. The first-order valence-corrected chi connectivity index (χ1v) is 8.98. The second-order valence-corrected chi connectivity index (χ2v) is 6.44. The predicted molar refractivity (Wildman–Crippen MR) is 94.8 cm³/mol. The fraction of sp³-hybridized carbons (Fsp3) is 0.389. The molecule has 128 valence electrons. The summed E-state index contributed by atoms with van der Waals surface area (Å²) in [4.78, 5) is 14.8. The van der Waals surface area contributed by atoms with Gasteiger partial charge < -0.3 is 14.8 Å². The molecule has 5 nitrogen and oxygen atoms in total. The molecule has 2 heterocycles. The van der Waals surface area contributed by atoms with Crippen molar-refractivity contribution in [2.24, 2.45) is 0 Å². The van der Waals surface area contributed by atoms with Gasteiger partial charge in [-0.25, -0.2) is 0 Å². The van der Waals surface area contributed by atoms with Gasteiger partial charge >= 0.3 is 0 Å². The highest BCUT2D eigenvalue weighted by Gasteiger charge is 2.23. The zero-order valence-corrected chi connectivity index (χ0v) is 14.6. The van der Waals surface area contributed by atoms with Crippen LogP contribution in [0.15, 0.2) is 41.1 Å². The molecule has 0 spiro atoms. The van der Waals surface area contributed by atoms with Crippen molar-refractivity contribution in [2.45, 2.75) is 6.04 Å². The number of rotatable bonds is 6. The summed E-state index contributed by atoms with van der Waals surface area (Å²) in [6, 6.07) is 9.47. The summed E-state index contributed by atoms with van der Waals surface area (Å²) in [5, 5.41) is 7.29. The molecule has 0 bridgehead atoms. The van der Waals surface area contributed by atoms with Crippen molar-refractivity contribution in [1.29, 1.82) is 0 Å². The van der Waals surface area contributed by atoms with Crippen LogP contribution >= 0.6 is 11.3 Å². The molecule has 1 aromatic heterocycles. The van der Waals surface area contributed by atoms with Gasteiger partial charge in [0.1, 0.15) is 5.75 Å². The van der Waals surface area contributed by atoms with Crippen LogP contribution in [-0.2, 0) is 4.74 Å². The number of carbonyl (C=O) groups excluding carboxylic acids is 1. The number of nitrogens with one attached hydrogen (secondary N) is 1. The Kier molecular flexibility index (Phi) is 5.85. The first-order valence-electron chi connectivity index (χ1n) is 8.04. The van der Waals surface area contributed by atoms with E-state index in [1.54, 1.807) is 42.7 Å². The highest BCUT2D eigenvalue weighted by atomic mass is 32.1. The molecule has 1 aliphatic rings. The van der Waals surface area contributed by atoms with E-state index in [4.69, 9.17) is 9.47 Å². The number of thiophene rings is 1. The van der Waals surface area contributed by atoms with E-state index in [0.29, 0.717) is 12.1 Å². The van der Waals surface area contributed by atoms with Crippen molar-refractivity contribution in [3.05, 3.63) is 52.2 Å². The van der Waals surface area contributed by atoms with Crippen molar-refractivity contribution in [3.8, 4) is 5.75 Å². The maximum atomic E-state index is 12.4. The molecule has 1 unspecified atom stereocenters. The van der Waals surface area contributed by atoms with Gasteiger partial charge in [-0.2, -0.15) is 11.3 Å². The van der Waals surface area contributed by atoms with Crippen LogP contribution in [0.4, 0.5) is 0 Å². The normalized spacial score (nSPS) is 16.5. The molecular formula is C18H22N2O3S. The van der Waals surface area contributed by atoms with E-state index in [-0.39, 0.29) is 11.9 Å². The van der Waals surface area contributed by atoms with Crippen molar-refractivity contribution in [1.82, 2.24) is 10.2 Å². The molecule has 2 aromatic rings. The minimum absolute atomic E-state index is 0.0638. The van der Waals surface area contributed by atoms with E-state index in [9.17, 15) is 4.79 Å². The van der Waals surface area contributed by atoms with Gasteiger partial charge in [-0.15, -0.1) is 0 Å². The van der Waals surface area contributed by atoms with E-state index < -0.39 is 0 Å². The Morgan fingerprint density at radius 3 is 2.67 bits per heavy atom. The molecular weight excluding hydrogens is 324 g/mol. The standard InChI is InChI=1S/C18H22N2O3S/c1-22-16-4-2-14(3-5-16)18(21)19-12-17(15-6-11-24-13-15)20-7-9-23-10-8-20/h2-6,11,13,17H,7-10,12H2,1H3,(H,19,21). The number of nitrogens with zero attached hydrogens (tertiary/aromatic N) is 1. The third-order valence-electron chi connectivity index (χ3n) is 4.22. The number of hydrogen-bond donors (Lipinski definition) is 1. The second-order valence-electron chi connectivity index (χ2n) is 5.66. The van der Waals surface area contributed by atoms with Crippen LogP contribution in [0.5, 0.6) is 5.75 Å². The molecule has 24 heavy (non-hydrogen) atoms. The molecule has 1 atom stereocenters. The minimum Gasteiger partial charge on any atom is -0.497 e. The summed E-state index contributed by atoms with van der Waals surface area (Å²) in [7, 11) is 1.61. The molecule has 1 fully saturated rings. The SMILES string of the molecule is COc1ccc(C(=O)NCC(c2ccsc2)N2CCOCC2)cc1. The molecule has 1 amide bonds. The number of methoxy groups -OCH3 is 1. The van der Waals surface area contributed by atoms with E-state index >= 15 is 0 Å². The number of hydrogen-bond acceptors (Lipinski definition) is 5. The molecule has 1 aliphatic heterocycles. The maximum Gasteiger partial charge on any atom is 0.251 e. The zero-order chi connectivity index (χ0) is 16.8. The highest BCUT2D eigenvalue weighted by molar-refractivity contribution is 7.07. The lowest BCUT2D eigenvalue weighted by Crippen LogP contribution is -2.43. The van der Waals surface area contributed by atoms with Crippen molar-refractivity contribution >= 4 is 17.2 Å². The van der Waals surface area contributed by atoms with Crippen LogP contribution in [0.1, 0.15) is 22.0 Å². The topological polar surface area (TPSA) is 50.8 Å². The second kappa shape index (κ2) is 8.28. The number of benzene rings is 1. The maximum absolute atomic E-state index is 12.4. The predicted octanol–water partition coefficient (Wildman–Crippen LogP) is 2.56. The Morgan fingerprint density at radius 2 is 2.04 bits per heavy atom. The first kappa shape index (κ1) is 17.0. The lowest BCUT2D eigenvalue weighted by molar-refractivity contribution is 0.0163. The molecule has 0 radical (unpaired) electrons. The summed E-state index contributed by atoms with van der Waals surface area (Å²) in [5.41, 5.74) is 1.89. The van der Waals surface area contributed by atoms with Gasteiger partial charge in [0.15, 0.2) is 0 Å². The molecule has 3 rings (SSSR count). The Bertz CT molecular complexity index is 637. The van der Waals surface area contributed by atoms with Gasteiger partial charge in [-0.05, 0) is 46.7 Å². The van der Waals surface area contributed by atoms with Gasteiger partial charge in [0.05, 0.1) is 26.4 Å². The third kappa shape index (κ3) is 4.14. The van der Waals surface area contributed by atoms with Crippen LogP contribution in [0.3, 0.4) is 0 Å². The molecule has 1 saturated heterocycles. The first-order chi connectivity index (χ1) is 11.8. The van der Waals surface area contributed by atoms with E-state index in [1.165, 1.54) is 5.56 Å². The molecule has 0 saturated carbocycles. The average molecular weight is 346 g/mol. The van der Waals surface area contributed by atoms with E-state index in [1.807, 2.05) is 0 Å². The van der Waals surface area contributed by atoms with Gasteiger partial charge in [0.2, 0.25) is 0 Å². The highest BCUT2D eigenvalue weighted by Crippen LogP contribution is 2.23. The fourth-order valence-electron chi connectivity index (χ4n) is 2.85. The lowest BCUT2D eigenvalue weighted by atomic mass is 10.1. The molecule has 1 N–H and O–H groups in total. The monoisotopic (exact) mass is 346 g/mol. The summed E-state index contributed by atoms with van der Waals surface area (Å²) < 4.78 is 10.6. The van der Waals surface area contributed by atoms with Crippen LogP contribution in [-0.4, -0.2) is 50.8 Å². The molecule has 1 aromatic carbocycles. The zero-order valence-electron chi connectivity index (χ0n) is 13.7. The lowest BCUT2D eigenvalue weighted by Gasteiger charge is -2.34. The molecule has 6 heteroatoms. The molecule has 0 aliphatic carbocycles. The number of amides is 1. The summed E-state index contributed by atoms with van der Waals surface area (Å²) in [5.74, 6) is 0.683. The van der Waals surface area contributed by atoms with Crippen LogP contribution in [0, 0.1) is 0 Å². The smallest absolute Gasteiger partial charge is 0.251 e. The van der Waals surface area contributed by atoms with Crippen molar-refractivity contribution in [2.75, 3.05) is 40.0 Å². The number of carbonyl (C=O) groups is 1. The minimum atomic E-state index is -0.0638. The summed E-state index contributed by atoms with van der Waals surface area (Å²) in [6.07, 6.45) is 0. The summed E-state index contributed by atoms with van der Waals surface area (Å²) >= 11 is 1.68. The van der Waals surface area contributed by atoms with Crippen LogP contribution in [0.2, 0.25) is 0 Å². The fourth-order valence-corrected chi connectivity index (χ4v) is 3.55. The summed E-state index contributed by atoms with van der Waals surface area (Å²) in [6.45, 7) is 3.85. The Morgan fingerprint density at radius 1 is 1.29 bits per heavy atom. The largest absolute Gasteiger partial charge is 0.497 e. The van der Waals surface area contributed by atoms with Crippen molar-refractivity contribution in [3.63, 3.8) is 0 Å². The van der Waals surface area contributed by atoms with Crippen molar-refractivity contribution < 1.29 is 14.3 Å². The average Bonchev–Trinajstić information content (AvgIpc) is 3.17.